The third kappa shape index (κ3) is 14.2. The van der Waals surface area contributed by atoms with E-state index in [1.807, 2.05) is 32.9 Å². The molecule has 3 aromatic rings. The molecule has 0 atom stereocenters. The molecule has 4 nitrogen and oxygen atoms in total. The quantitative estimate of drug-likeness (QED) is 0.0746. The summed E-state index contributed by atoms with van der Waals surface area (Å²) in [6, 6.07) is 24.1. The molecule has 52 heavy (non-hydrogen) atoms. The van der Waals surface area contributed by atoms with Gasteiger partial charge in [-0.1, -0.05) is 126 Å². The van der Waals surface area contributed by atoms with Gasteiger partial charge in [-0.2, -0.15) is 0 Å². The Morgan fingerprint density at radius 1 is 0.808 bits per heavy atom. The van der Waals surface area contributed by atoms with Crippen molar-refractivity contribution in [1.29, 1.82) is 0 Å². The van der Waals surface area contributed by atoms with Crippen LogP contribution in [0.3, 0.4) is 0 Å². The third-order valence-electron chi connectivity index (χ3n) is 9.21. The van der Waals surface area contributed by atoms with E-state index < -0.39 is 0 Å². The molecule has 0 unspecified atom stereocenters. The lowest BCUT2D eigenvalue weighted by Gasteiger charge is -2.32. The Morgan fingerprint density at radius 3 is 2.08 bits per heavy atom. The van der Waals surface area contributed by atoms with Crippen LogP contribution in [0.15, 0.2) is 140 Å². The summed E-state index contributed by atoms with van der Waals surface area (Å²) in [6.07, 6.45) is 18.8. The number of allylic oxidation sites excluding steroid dienone is 6. The SMILES string of the molecule is C=C/C=C(\C)C=C.C=CCN(Cc1ccccc1C)c1ccc(OCCc2ccc(N(C)N(C)CC3=CCCC=C3CCC)cc2)c(CC)c1.CC. The highest BCUT2D eigenvalue weighted by molar-refractivity contribution is 5.54. The molecule has 3 aromatic carbocycles. The van der Waals surface area contributed by atoms with Crippen molar-refractivity contribution in [2.45, 2.75) is 86.6 Å². The van der Waals surface area contributed by atoms with Gasteiger partial charge in [0.25, 0.3) is 0 Å². The van der Waals surface area contributed by atoms with Gasteiger partial charge >= 0.3 is 0 Å². The van der Waals surface area contributed by atoms with Crippen LogP contribution in [-0.4, -0.2) is 38.8 Å². The zero-order chi connectivity index (χ0) is 38.3. The second-order valence-corrected chi connectivity index (χ2v) is 13.0. The largest absolute Gasteiger partial charge is 0.493 e. The van der Waals surface area contributed by atoms with Crippen molar-refractivity contribution >= 4 is 11.4 Å². The summed E-state index contributed by atoms with van der Waals surface area (Å²) >= 11 is 0. The van der Waals surface area contributed by atoms with Gasteiger partial charge in [-0.05, 0) is 103 Å². The van der Waals surface area contributed by atoms with Crippen molar-refractivity contribution in [3.8, 4) is 5.75 Å². The van der Waals surface area contributed by atoms with Crippen LogP contribution < -0.4 is 14.6 Å². The first-order valence-corrected chi connectivity index (χ1v) is 19.2. The summed E-state index contributed by atoms with van der Waals surface area (Å²) in [5.41, 5.74) is 11.7. The predicted molar refractivity (Wildman–Crippen MR) is 231 cm³/mol. The number of hydrogen-bond donors (Lipinski definition) is 0. The number of hydrazine groups is 1. The standard InChI is InChI=1S/C39H51N3O.C7H10.C2H6/c1-7-14-34-16-12-13-18-36(34)29-40(5)41(6)37-21-19-32(20-22-37)25-27-43-39-24-23-38(28-33(39)9-3)42(26-8-2)30-35-17-11-10-15-31(35)4;1-4-6-7(3)5-2;1-2/h8,10-11,15-24,28H,2,7,9,12-14,25-27,29-30H2,1,3-6H3;4-6H,1-2H2,3H3;1-2H3/b;7-6+;. The third-order valence-corrected chi connectivity index (χ3v) is 9.21. The van der Waals surface area contributed by atoms with Crippen LogP contribution in [0.5, 0.6) is 5.75 Å². The van der Waals surface area contributed by atoms with E-state index in [1.165, 1.54) is 64.0 Å². The molecule has 280 valence electrons. The molecule has 0 heterocycles. The molecule has 0 saturated carbocycles. The maximum atomic E-state index is 6.33. The Morgan fingerprint density at radius 2 is 1.48 bits per heavy atom. The van der Waals surface area contributed by atoms with E-state index in [-0.39, 0.29) is 0 Å². The highest BCUT2D eigenvalue weighted by Gasteiger charge is 2.15. The number of rotatable bonds is 18. The van der Waals surface area contributed by atoms with Crippen LogP contribution in [0, 0.1) is 6.92 Å². The van der Waals surface area contributed by atoms with Gasteiger partial charge in [-0.15, -0.1) is 6.58 Å². The summed E-state index contributed by atoms with van der Waals surface area (Å²) in [5, 5.41) is 4.56. The average Bonchev–Trinajstić information content (AvgIpc) is 3.17. The lowest BCUT2D eigenvalue weighted by molar-refractivity contribution is 0.319. The lowest BCUT2D eigenvalue weighted by Crippen LogP contribution is -2.38. The molecule has 1 aliphatic carbocycles. The minimum absolute atomic E-state index is 0.654. The van der Waals surface area contributed by atoms with Crippen LogP contribution >= 0.6 is 0 Å². The van der Waals surface area contributed by atoms with Crippen molar-refractivity contribution in [3.63, 3.8) is 0 Å². The zero-order valence-corrected chi connectivity index (χ0v) is 33.8. The van der Waals surface area contributed by atoms with E-state index in [2.05, 4.69) is 148 Å². The molecule has 0 fully saturated rings. The number of likely N-dealkylation sites (N-methyl/N-ethyl adjacent to an activating group) is 1. The maximum absolute atomic E-state index is 6.33. The predicted octanol–water partition coefficient (Wildman–Crippen LogP) is 12.4. The molecule has 0 radical (unpaired) electrons. The molecule has 0 aliphatic heterocycles. The van der Waals surface area contributed by atoms with Crippen molar-refractivity contribution in [1.82, 2.24) is 5.01 Å². The molecule has 4 rings (SSSR count). The fourth-order valence-corrected chi connectivity index (χ4v) is 6.03. The number of aryl methyl sites for hydroxylation is 2. The summed E-state index contributed by atoms with van der Waals surface area (Å²) in [5.74, 6) is 0.979. The highest BCUT2D eigenvalue weighted by atomic mass is 16.5. The van der Waals surface area contributed by atoms with Crippen LogP contribution in [0.4, 0.5) is 11.4 Å². The summed E-state index contributed by atoms with van der Waals surface area (Å²) in [6.45, 7) is 27.0. The molecule has 0 aromatic heterocycles. The topological polar surface area (TPSA) is 19.0 Å². The number of anilines is 2. The second-order valence-electron chi connectivity index (χ2n) is 13.0. The zero-order valence-electron chi connectivity index (χ0n) is 33.8. The summed E-state index contributed by atoms with van der Waals surface area (Å²) in [4.78, 5) is 2.38. The Kier molecular flexibility index (Phi) is 20.6. The van der Waals surface area contributed by atoms with Gasteiger partial charge in [-0.25, -0.2) is 5.01 Å². The first-order valence-electron chi connectivity index (χ1n) is 19.2. The van der Waals surface area contributed by atoms with Gasteiger partial charge in [0.2, 0.25) is 0 Å². The molecule has 0 amide bonds. The van der Waals surface area contributed by atoms with Crippen LogP contribution in [0.25, 0.3) is 0 Å². The number of benzene rings is 3. The van der Waals surface area contributed by atoms with Gasteiger partial charge < -0.3 is 14.6 Å². The molecular formula is C48H67N3O. The Hall–Kier alpha value is -4.54. The van der Waals surface area contributed by atoms with E-state index in [1.54, 1.807) is 12.2 Å². The fourth-order valence-electron chi connectivity index (χ4n) is 6.03. The fraction of sp³-hybridized carbons (Fsp3) is 0.375. The average molecular weight is 702 g/mol. The van der Waals surface area contributed by atoms with E-state index >= 15 is 0 Å². The molecule has 1 aliphatic rings. The molecule has 0 bridgehead atoms. The number of ether oxygens (including phenoxy) is 1. The van der Waals surface area contributed by atoms with Crippen LogP contribution in [0.1, 0.15) is 82.6 Å². The molecular weight excluding hydrogens is 635 g/mol. The van der Waals surface area contributed by atoms with E-state index in [0.29, 0.717) is 6.61 Å². The smallest absolute Gasteiger partial charge is 0.122 e. The lowest BCUT2D eigenvalue weighted by atomic mass is 9.94. The number of hydrogen-bond acceptors (Lipinski definition) is 4. The maximum Gasteiger partial charge on any atom is 0.122 e. The van der Waals surface area contributed by atoms with Crippen molar-refractivity contribution in [3.05, 3.63) is 162 Å². The summed E-state index contributed by atoms with van der Waals surface area (Å²) in [7, 11) is 4.33. The van der Waals surface area contributed by atoms with Gasteiger partial charge in [0, 0.05) is 45.8 Å². The van der Waals surface area contributed by atoms with Gasteiger partial charge in [0.05, 0.1) is 12.3 Å². The van der Waals surface area contributed by atoms with Crippen molar-refractivity contribution < 1.29 is 4.74 Å². The minimum Gasteiger partial charge on any atom is -0.493 e. The first kappa shape index (κ1) is 43.6. The second kappa shape index (κ2) is 24.6. The van der Waals surface area contributed by atoms with Gasteiger partial charge in [0.15, 0.2) is 0 Å². The van der Waals surface area contributed by atoms with E-state index in [9.17, 15) is 0 Å². The van der Waals surface area contributed by atoms with E-state index in [0.717, 1.165) is 50.2 Å². The highest BCUT2D eigenvalue weighted by Crippen LogP contribution is 2.28. The minimum atomic E-state index is 0.654. The van der Waals surface area contributed by atoms with E-state index in [4.69, 9.17) is 4.74 Å². The van der Waals surface area contributed by atoms with Gasteiger partial charge in [0.1, 0.15) is 5.75 Å². The Balaban J connectivity index is 0.000000930. The molecule has 0 saturated heterocycles. The summed E-state index contributed by atoms with van der Waals surface area (Å²) < 4.78 is 6.33. The molecule has 4 heteroatoms. The Labute approximate surface area is 318 Å². The van der Waals surface area contributed by atoms with Crippen molar-refractivity contribution in [2.24, 2.45) is 0 Å². The van der Waals surface area contributed by atoms with Crippen molar-refractivity contribution in [2.75, 3.05) is 43.7 Å². The normalized spacial score (nSPS) is 12.3. The van der Waals surface area contributed by atoms with Crippen LogP contribution in [0.2, 0.25) is 0 Å². The molecule has 0 N–H and O–H groups in total. The Bertz CT molecular complexity index is 1610. The van der Waals surface area contributed by atoms with Gasteiger partial charge in [-0.3, -0.25) is 0 Å². The first-order chi connectivity index (χ1) is 25.2. The molecule has 0 spiro atoms. The monoisotopic (exact) mass is 702 g/mol. The number of nitrogens with zero attached hydrogens (tertiary/aromatic N) is 3. The van der Waals surface area contributed by atoms with Crippen LogP contribution in [-0.2, 0) is 19.4 Å².